The lowest BCUT2D eigenvalue weighted by molar-refractivity contribution is -0.122. The largest absolute Gasteiger partial charge is 0.354 e. The van der Waals surface area contributed by atoms with Crippen LogP contribution >= 0.6 is 11.3 Å². The zero-order valence-electron chi connectivity index (χ0n) is 11.8. The molecule has 2 aromatic rings. The third-order valence-corrected chi connectivity index (χ3v) is 7.15. The van der Waals surface area contributed by atoms with Crippen molar-refractivity contribution in [3.05, 3.63) is 47.6 Å². The van der Waals surface area contributed by atoms with E-state index in [1.807, 2.05) is 0 Å². The Kier molecular flexibility index (Phi) is 4.26. The van der Waals surface area contributed by atoms with E-state index in [1.54, 1.807) is 42.0 Å². The molecule has 2 aromatic heterocycles. The highest BCUT2D eigenvalue weighted by atomic mass is 32.2. The maximum Gasteiger partial charge on any atom is 0.223 e. The molecule has 1 saturated carbocycles. The smallest absolute Gasteiger partial charge is 0.223 e. The van der Waals surface area contributed by atoms with Crippen LogP contribution in [0.4, 0.5) is 0 Å². The first-order valence-electron chi connectivity index (χ1n) is 7.04. The number of amides is 1. The summed E-state index contributed by atoms with van der Waals surface area (Å²) in [6, 6.07) is 6.73. The number of nitrogens with zero attached hydrogens (tertiary/aromatic N) is 1. The summed E-state index contributed by atoms with van der Waals surface area (Å²) in [5.74, 6) is -0.00531. The summed E-state index contributed by atoms with van der Waals surface area (Å²) in [5, 5.41) is 3.69. The van der Waals surface area contributed by atoms with E-state index < -0.39 is 15.1 Å². The first-order valence-corrected chi connectivity index (χ1v) is 9.46. The van der Waals surface area contributed by atoms with Crippen LogP contribution in [-0.2, 0) is 14.6 Å². The standard InChI is InChI=1S/C15H16N2O3S2/c18-15(11-5-6-11)17-10-13(12-3-1-7-16-9-12)22(19,20)14-4-2-8-21-14/h1-4,7-9,11,13H,5-6,10H2,(H,17,18)/t13-/m0/s1. The predicted octanol–water partition coefficient (Wildman–Crippen LogP) is 2.18. The lowest BCUT2D eigenvalue weighted by Gasteiger charge is -2.17. The second-order valence-corrected chi connectivity index (χ2v) is 8.58. The molecule has 0 spiro atoms. The fourth-order valence-electron chi connectivity index (χ4n) is 2.22. The van der Waals surface area contributed by atoms with Crippen LogP contribution in [0, 0.1) is 5.92 Å². The van der Waals surface area contributed by atoms with E-state index in [0.717, 1.165) is 12.8 Å². The van der Waals surface area contributed by atoms with E-state index in [9.17, 15) is 13.2 Å². The maximum absolute atomic E-state index is 12.8. The summed E-state index contributed by atoms with van der Waals surface area (Å²) < 4.78 is 26.0. The zero-order valence-corrected chi connectivity index (χ0v) is 13.4. The highest BCUT2D eigenvalue weighted by Gasteiger charge is 2.33. The molecule has 1 atom stereocenters. The lowest BCUT2D eigenvalue weighted by Crippen LogP contribution is -2.32. The van der Waals surface area contributed by atoms with Crippen LogP contribution in [0.3, 0.4) is 0 Å². The SMILES string of the molecule is O=C(NC[C@@H](c1cccnc1)S(=O)(=O)c1cccs1)C1CC1. The number of carbonyl (C=O) groups excluding carboxylic acids is 1. The van der Waals surface area contributed by atoms with Crippen LogP contribution in [0.25, 0.3) is 0 Å². The number of aromatic nitrogens is 1. The molecule has 7 heteroatoms. The molecule has 0 aromatic carbocycles. The number of nitrogens with one attached hydrogen (secondary N) is 1. The third-order valence-electron chi connectivity index (χ3n) is 3.62. The molecule has 0 saturated heterocycles. The Morgan fingerprint density at radius 3 is 2.77 bits per heavy atom. The third kappa shape index (κ3) is 3.20. The lowest BCUT2D eigenvalue weighted by atomic mass is 10.2. The number of hydrogen-bond donors (Lipinski definition) is 1. The molecule has 1 N–H and O–H groups in total. The van der Waals surface area contributed by atoms with Gasteiger partial charge in [0.1, 0.15) is 9.46 Å². The molecule has 0 aliphatic heterocycles. The highest BCUT2D eigenvalue weighted by Crippen LogP contribution is 2.32. The summed E-state index contributed by atoms with van der Waals surface area (Å²) in [6.07, 6.45) is 4.92. The van der Waals surface area contributed by atoms with Gasteiger partial charge in [-0.2, -0.15) is 0 Å². The Labute approximate surface area is 133 Å². The Morgan fingerprint density at radius 1 is 1.36 bits per heavy atom. The Balaban J connectivity index is 1.87. The van der Waals surface area contributed by atoms with Crippen molar-refractivity contribution in [2.75, 3.05) is 6.54 Å². The second kappa shape index (κ2) is 6.18. The van der Waals surface area contributed by atoms with Crippen molar-refractivity contribution in [2.45, 2.75) is 22.3 Å². The minimum atomic E-state index is -3.55. The van der Waals surface area contributed by atoms with Crippen molar-refractivity contribution in [3.8, 4) is 0 Å². The van der Waals surface area contributed by atoms with Crippen molar-refractivity contribution < 1.29 is 13.2 Å². The predicted molar refractivity (Wildman–Crippen MR) is 84.2 cm³/mol. The minimum Gasteiger partial charge on any atom is -0.354 e. The monoisotopic (exact) mass is 336 g/mol. The molecule has 0 radical (unpaired) electrons. The van der Waals surface area contributed by atoms with Gasteiger partial charge in [0.2, 0.25) is 5.91 Å². The fraction of sp³-hybridized carbons (Fsp3) is 0.333. The molecule has 0 bridgehead atoms. The van der Waals surface area contributed by atoms with Crippen molar-refractivity contribution in [2.24, 2.45) is 5.92 Å². The number of carbonyl (C=O) groups is 1. The number of rotatable bonds is 6. The molecule has 1 aliphatic rings. The summed E-state index contributed by atoms with van der Waals surface area (Å²) >= 11 is 1.18. The van der Waals surface area contributed by atoms with E-state index >= 15 is 0 Å². The normalized spacial score (nSPS) is 16.2. The number of sulfone groups is 1. The molecular weight excluding hydrogens is 320 g/mol. The van der Waals surface area contributed by atoms with Gasteiger partial charge in [0.05, 0.1) is 0 Å². The van der Waals surface area contributed by atoms with Gasteiger partial charge in [0.25, 0.3) is 0 Å². The van der Waals surface area contributed by atoms with Gasteiger partial charge < -0.3 is 5.32 Å². The van der Waals surface area contributed by atoms with E-state index in [-0.39, 0.29) is 18.4 Å². The molecule has 2 heterocycles. The first kappa shape index (κ1) is 15.2. The maximum atomic E-state index is 12.8. The van der Waals surface area contributed by atoms with Gasteiger partial charge in [0, 0.05) is 24.9 Å². The van der Waals surface area contributed by atoms with E-state index in [1.165, 1.54) is 11.3 Å². The molecule has 3 rings (SSSR count). The van der Waals surface area contributed by atoms with E-state index in [0.29, 0.717) is 9.77 Å². The summed E-state index contributed by atoms with van der Waals surface area (Å²) in [7, 11) is -3.55. The number of hydrogen-bond acceptors (Lipinski definition) is 5. The van der Waals surface area contributed by atoms with Gasteiger partial charge in [-0.15, -0.1) is 11.3 Å². The van der Waals surface area contributed by atoms with E-state index in [4.69, 9.17) is 0 Å². The van der Waals surface area contributed by atoms with Crippen LogP contribution in [0.1, 0.15) is 23.7 Å². The van der Waals surface area contributed by atoms with Gasteiger partial charge in [-0.05, 0) is 35.9 Å². The molecule has 0 unspecified atom stereocenters. The molecular formula is C15H16N2O3S2. The fourth-order valence-corrected chi connectivity index (χ4v) is 5.07. The topological polar surface area (TPSA) is 76.1 Å². The van der Waals surface area contributed by atoms with Crippen LogP contribution < -0.4 is 5.32 Å². The summed E-state index contributed by atoms with van der Waals surface area (Å²) in [6.45, 7) is 0.0707. The molecule has 1 fully saturated rings. The molecule has 1 aliphatic carbocycles. The van der Waals surface area contributed by atoms with E-state index in [2.05, 4.69) is 10.3 Å². The number of pyridine rings is 1. The molecule has 22 heavy (non-hydrogen) atoms. The Bertz CT molecular complexity index is 738. The van der Waals surface area contributed by atoms with Crippen molar-refractivity contribution in [3.63, 3.8) is 0 Å². The second-order valence-electron chi connectivity index (χ2n) is 5.27. The average Bonchev–Trinajstić information content (AvgIpc) is 3.22. The minimum absolute atomic E-state index is 0.0546. The summed E-state index contributed by atoms with van der Waals surface area (Å²) in [4.78, 5) is 15.8. The number of thiophene rings is 1. The van der Waals surface area contributed by atoms with Crippen LogP contribution in [0.5, 0.6) is 0 Å². The highest BCUT2D eigenvalue weighted by molar-refractivity contribution is 7.93. The van der Waals surface area contributed by atoms with Crippen LogP contribution in [-0.4, -0.2) is 25.9 Å². The van der Waals surface area contributed by atoms with Crippen LogP contribution in [0.2, 0.25) is 0 Å². The van der Waals surface area contributed by atoms with Crippen molar-refractivity contribution in [1.29, 1.82) is 0 Å². The summed E-state index contributed by atoms with van der Waals surface area (Å²) in [5.41, 5.74) is 0.590. The molecule has 1 amide bonds. The molecule has 116 valence electrons. The van der Waals surface area contributed by atoms with Crippen LogP contribution in [0.15, 0.2) is 46.2 Å². The van der Waals surface area contributed by atoms with Gasteiger partial charge in [-0.25, -0.2) is 8.42 Å². The van der Waals surface area contributed by atoms with Gasteiger partial charge in [-0.1, -0.05) is 12.1 Å². The Morgan fingerprint density at radius 2 is 2.18 bits per heavy atom. The van der Waals surface area contributed by atoms with Gasteiger partial charge in [0.15, 0.2) is 9.84 Å². The van der Waals surface area contributed by atoms with Gasteiger partial charge >= 0.3 is 0 Å². The van der Waals surface area contributed by atoms with Gasteiger partial charge in [-0.3, -0.25) is 9.78 Å². The quantitative estimate of drug-likeness (QED) is 0.877. The molecule has 5 nitrogen and oxygen atoms in total. The first-order chi connectivity index (χ1) is 10.6. The average molecular weight is 336 g/mol. The zero-order chi connectivity index (χ0) is 15.6. The van der Waals surface area contributed by atoms with Crippen molar-refractivity contribution >= 4 is 27.1 Å². The van der Waals surface area contributed by atoms with Crippen molar-refractivity contribution in [1.82, 2.24) is 10.3 Å². The Hall–Kier alpha value is -1.73.